The maximum atomic E-state index is 12.4. The van der Waals surface area contributed by atoms with Gasteiger partial charge in [0.2, 0.25) is 10.0 Å². The lowest BCUT2D eigenvalue weighted by Crippen LogP contribution is -2.28. The Hall–Kier alpha value is -2.00. The Morgan fingerprint density at radius 1 is 1.33 bits per heavy atom. The molecule has 0 aromatic heterocycles. The van der Waals surface area contributed by atoms with E-state index in [9.17, 15) is 23.3 Å². The van der Waals surface area contributed by atoms with E-state index in [0.29, 0.717) is 13.1 Å². The first-order valence-corrected chi connectivity index (χ1v) is 7.69. The number of methoxy groups -OCH3 is 1. The molecule has 0 N–H and O–H groups in total. The molecule has 0 spiro atoms. The molecule has 8 nitrogen and oxygen atoms in total. The average Bonchev–Trinajstić information content (AvgIpc) is 3.00. The second-order valence-electron chi connectivity index (χ2n) is 4.54. The zero-order valence-electron chi connectivity index (χ0n) is 11.3. The largest absolute Gasteiger partial charge is 0.465 e. The van der Waals surface area contributed by atoms with Crippen LogP contribution in [-0.2, 0) is 14.8 Å². The Morgan fingerprint density at radius 2 is 1.95 bits per heavy atom. The van der Waals surface area contributed by atoms with Crippen molar-refractivity contribution in [3.05, 3.63) is 33.9 Å². The number of carbonyl (C=O) groups excluding carboxylic acids is 1. The molecular weight excluding hydrogens is 300 g/mol. The molecule has 0 bridgehead atoms. The molecular formula is C12H14N2O6S. The third-order valence-corrected chi connectivity index (χ3v) is 5.21. The van der Waals surface area contributed by atoms with Crippen molar-refractivity contribution in [2.45, 2.75) is 17.7 Å². The molecule has 0 unspecified atom stereocenters. The van der Waals surface area contributed by atoms with Crippen molar-refractivity contribution in [1.82, 2.24) is 4.31 Å². The number of rotatable bonds is 4. The number of hydrogen-bond acceptors (Lipinski definition) is 6. The summed E-state index contributed by atoms with van der Waals surface area (Å²) in [5.41, 5.74) is -0.686. The Balaban J connectivity index is 2.53. The molecule has 21 heavy (non-hydrogen) atoms. The SMILES string of the molecule is COC(=O)c1ccc(S(=O)(=O)N2CCCC2)c([N+](=O)[O-])c1. The molecule has 9 heteroatoms. The molecule has 1 aromatic rings. The highest BCUT2D eigenvalue weighted by molar-refractivity contribution is 7.89. The maximum Gasteiger partial charge on any atom is 0.338 e. The minimum absolute atomic E-state index is 0.0652. The van der Waals surface area contributed by atoms with Gasteiger partial charge in [-0.2, -0.15) is 4.31 Å². The van der Waals surface area contributed by atoms with E-state index in [4.69, 9.17) is 0 Å². The van der Waals surface area contributed by atoms with Crippen molar-refractivity contribution < 1.29 is 22.9 Å². The zero-order chi connectivity index (χ0) is 15.6. The van der Waals surface area contributed by atoms with Crippen LogP contribution in [0.4, 0.5) is 5.69 Å². The fraction of sp³-hybridized carbons (Fsp3) is 0.417. The Kier molecular flexibility index (Phi) is 4.24. The fourth-order valence-corrected chi connectivity index (χ4v) is 3.85. The minimum atomic E-state index is -3.92. The van der Waals surface area contributed by atoms with Crippen LogP contribution in [0.5, 0.6) is 0 Å². The minimum Gasteiger partial charge on any atom is -0.465 e. The molecule has 1 fully saturated rings. The van der Waals surface area contributed by atoms with E-state index in [0.717, 1.165) is 32.1 Å². The first-order valence-electron chi connectivity index (χ1n) is 6.25. The Bertz CT molecular complexity index is 679. The van der Waals surface area contributed by atoms with Crippen molar-refractivity contribution in [3.63, 3.8) is 0 Å². The van der Waals surface area contributed by atoms with Crippen molar-refractivity contribution in [1.29, 1.82) is 0 Å². The van der Waals surface area contributed by atoms with E-state index in [1.807, 2.05) is 0 Å². The Morgan fingerprint density at radius 3 is 2.48 bits per heavy atom. The molecule has 0 aliphatic carbocycles. The number of nitrogens with zero attached hydrogens (tertiary/aromatic N) is 2. The van der Waals surface area contributed by atoms with Crippen LogP contribution < -0.4 is 0 Å². The molecule has 2 rings (SSSR count). The first-order chi connectivity index (χ1) is 9.87. The van der Waals surface area contributed by atoms with E-state index in [-0.39, 0.29) is 5.56 Å². The van der Waals surface area contributed by atoms with Crippen LogP contribution in [-0.4, -0.2) is 43.8 Å². The predicted molar refractivity (Wildman–Crippen MR) is 72.4 cm³/mol. The van der Waals surface area contributed by atoms with Crippen molar-refractivity contribution in [2.24, 2.45) is 0 Å². The van der Waals surface area contributed by atoms with Gasteiger partial charge in [-0.15, -0.1) is 0 Å². The lowest BCUT2D eigenvalue weighted by molar-refractivity contribution is -0.387. The van der Waals surface area contributed by atoms with Gasteiger partial charge in [0.15, 0.2) is 4.90 Å². The van der Waals surface area contributed by atoms with E-state index in [1.165, 1.54) is 10.4 Å². The number of nitro benzene ring substituents is 1. The van der Waals surface area contributed by atoms with Gasteiger partial charge in [-0.25, -0.2) is 13.2 Å². The lowest BCUT2D eigenvalue weighted by atomic mass is 10.2. The van der Waals surface area contributed by atoms with Gasteiger partial charge >= 0.3 is 5.97 Å². The van der Waals surface area contributed by atoms with Gasteiger partial charge in [0.25, 0.3) is 5.69 Å². The normalized spacial score (nSPS) is 15.9. The molecule has 1 aromatic carbocycles. The monoisotopic (exact) mass is 314 g/mol. The first kappa shape index (κ1) is 15.4. The molecule has 0 radical (unpaired) electrons. The van der Waals surface area contributed by atoms with Crippen LogP contribution in [0.2, 0.25) is 0 Å². The molecule has 0 saturated carbocycles. The topological polar surface area (TPSA) is 107 Å². The number of ether oxygens (including phenoxy) is 1. The smallest absolute Gasteiger partial charge is 0.338 e. The fourth-order valence-electron chi connectivity index (χ4n) is 2.19. The van der Waals surface area contributed by atoms with Gasteiger partial charge in [0.05, 0.1) is 17.6 Å². The second kappa shape index (κ2) is 5.78. The highest BCUT2D eigenvalue weighted by Crippen LogP contribution is 2.29. The molecule has 1 aliphatic heterocycles. The lowest BCUT2D eigenvalue weighted by Gasteiger charge is -2.15. The summed E-state index contributed by atoms with van der Waals surface area (Å²) in [6, 6.07) is 3.22. The van der Waals surface area contributed by atoms with Crippen molar-refractivity contribution >= 4 is 21.7 Å². The van der Waals surface area contributed by atoms with Crippen LogP contribution in [0.1, 0.15) is 23.2 Å². The van der Waals surface area contributed by atoms with Crippen LogP contribution in [0.3, 0.4) is 0 Å². The summed E-state index contributed by atoms with van der Waals surface area (Å²) in [6.45, 7) is 0.691. The zero-order valence-corrected chi connectivity index (χ0v) is 12.1. The molecule has 1 saturated heterocycles. The highest BCUT2D eigenvalue weighted by Gasteiger charge is 2.33. The summed E-state index contributed by atoms with van der Waals surface area (Å²) in [7, 11) is -2.78. The van der Waals surface area contributed by atoms with E-state index in [1.54, 1.807) is 0 Å². The van der Waals surface area contributed by atoms with Gasteiger partial charge in [-0.1, -0.05) is 0 Å². The number of hydrogen-bond donors (Lipinski definition) is 0. The molecule has 1 aliphatic rings. The number of benzene rings is 1. The molecule has 0 amide bonds. The summed E-state index contributed by atoms with van der Waals surface area (Å²) >= 11 is 0. The average molecular weight is 314 g/mol. The predicted octanol–water partition coefficient (Wildman–Crippen LogP) is 1.17. The van der Waals surface area contributed by atoms with Gasteiger partial charge in [-0.05, 0) is 25.0 Å². The number of nitro groups is 1. The van der Waals surface area contributed by atoms with Crippen molar-refractivity contribution in [2.75, 3.05) is 20.2 Å². The third-order valence-electron chi connectivity index (χ3n) is 3.26. The molecule has 0 atom stereocenters. The summed E-state index contributed by atoms with van der Waals surface area (Å²) in [6.07, 6.45) is 1.46. The van der Waals surface area contributed by atoms with Crippen LogP contribution in [0.15, 0.2) is 23.1 Å². The summed E-state index contributed by atoms with van der Waals surface area (Å²) < 4.78 is 30.5. The highest BCUT2D eigenvalue weighted by atomic mass is 32.2. The second-order valence-corrected chi connectivity index (χ2v) is 6.45. The van der Waals surface area contributed by atoms with E-state index < -0.39 is 31.5 Å². The third kappa shape index (κ3) is 2.88. The van der Waals surface area contributed by atoms with Crippen LogP contribution >= 0.6 is 0 Å². The standard InChI is InChI=1S/C12H14N2O6S/c1-20-12(15)9-4-5-11(10(8-9)14(16)17)21(18,19)13-6-2-3-7-13/h4-5,8H,2-3,6-7H2,1H3. The van der Waals surface area contributed by atoms with Gasteiger partial charge in [0, 0.05) is 19.2 Å². The summed E-state index contributed by atoms with van der Waals surface area (Å²) in [4.78, 5) is 21.3. The number of carbonyl (C=O) groups is 1. The van der Waals surface area contributed by atoms with E-state index >= 15 is 0 Å². The van der Waals surface area contributed by atoms with Gasteiger partial charge in [-0.3, -0.25) is 10.1 Å². The van der Waals surface area contributed by atoms with Crippen LogP contribution in [0.25, 0.3) is 0 Å². The Labute approximate surface area is 121 Å². The number of esters is 1. The van der Waals surface area contributed by atoms with Crippen molar-refractivity contribution in [3.8, 4) is 0 Å². The summed E-state index contributed by atoms with van der Waals surface area (Å²) in [5, 5.41) is 11.1. The molecule has 1 heterocycles. The number of sulfonamides is 1. The maximum absolute atomic E-state index is 12.4. The van der Waals surface area contributed by atoms with Crippen LogP contribution in [0, 0.1) is 10.1 Å². The van der Waals surface area contributed by atoms with Gasteiger partial charge < -0.3 is 4.74 Å². The molecule has 114 valence electrons. The van der Waals surface area contributed by atoms with Gasteiger partial charge in [0.1, 0.15) is 0 Å². The van der Waals surface area contributed by atoms with E-state index in [2.05, 4.69) is 4.74 Å². The quantitative estimate of drug-likeness (QED) is 0.469. The summed E-state index contributed by atoms with van der Waals surface area (Å²) in [5.74, 6) is -0.761.